The first-order chi connectivity index (χ1) is 11.0. The summed E-state index contributed by atoms with van der Waals surface area (Å²) >= 11 is 6.00. The fourth-order valence-corrected chi connectivity index (χ4v) is 3.37. The largest absolute Gasteiger partial charge is 0.353 e. The van der Waals surface area contributed by atoms with E-state index in [0.29, 0.717) is 23.0 Å². The van der Waals surface area contributed by atoms with Crippen LogP contribution in [0.15, 0.2) is 18.2 Å². The van der Waals surface area contributed by atoms with Crippen molar-refractivity contribution >= 4 is 33.2 Å². The predicted octanol–water partition coefficient (Wildman–Crippen LogP) is 3.36. The first-order valence-corrected chi connectivity index (χ1v) is 10.3. The van der Waals surface area contributed by atoms with Crippen molar-refractivity contribution in [3.05, 3.63) is 28.8 Å². The number of halogens is 1. The van der Waals surface area contributed by atoms with Gasteiger partial charge < -0.3 is 5.32 Å². The van der Waals surface area contributed by atoms with Crippen LogP contribution < -0.4 is 9.62 Å². The van der Waals surface area contributed by atoms with Crippen LogP contribution in [0.3, 0.4) is 0 Å². The molecule has 5 nitrogen and oxygen atoms in total. The SMILES string of the molecule is Cc1ccc(Cl)cc1N(CCCC(=O)NC(C)C(C)C)S(C)(=O)=O. The molecular formula is C17H27ClN2O3S. The average molecular weight is 375 g/mol. The number of anilines is 1. The van der Waals surface area contributed by atoms with Gasteiger partial charge in [-0.2, -0.15) is 0 Å². The average Bonchev–Trinajstić information content (AvgIpc) is 2.45. The molecule has 1 atom stereocenters. The van der Waals surface area contributed by atoms with Crippen molar-refractivity contribution in [1.82, 2.24) is 5.32 Å². The highest BCUT2D eigenvalue weighted by atomic mass is 35.5. The summed E-state index contributed by atoms with van der Waals surface area (Å²) in [5.74, 6) is 0.294. The number of hydrogen-bond acceptors (Lipinski definition) is 3. The first-order valence-electron chi connectivity index (χ1n) is 8.05. The number of nitrogens with zero attached hydrogens (tertiary/aromatic N) is 1. The van der Waals surface area contributed by atoms with E-state index in [4.69, 9.17) is 11.6 Å². The second-order valence-corrected chi connectivity index (χ2v) is 8.81. The minimum Gasteiger partial charge on any atom is -0.353 e. The molecule has 7 heteroatoms. The Morgan fingerprint density at radius 2 is 1.92 bits per heavy atom. The van der Waals surface area contributed by atoms with Gasteiger partial charge in [0.25, 0.3) is 0 Å². The zero-order chi connectivity index (χ0) is 18.5. The molecule has 0 saturated heterocycles. The van der Waals surface area contributed by atoms with Gasteiger partial charge in [-0.25, -0.2) is 8.42 Å². The normalized spacial score (nSPS) is 13.0. The van der Waals surface area contributed by atoms with Crippen molar-refractivity contribution < 1.29 is 13.2 Å². The van der Waals surface area contributed by atoms with E-state index in [1.165, 1.54) is 4.31 Å². The maximum absolute atomic E-state index is 12.1. The molecule has 1 unspecified atom stereocenters. The highest BCUT2D eigenvalue weighted by molar-refractivity contribution is 7.92. The van der Waals surface area contributed by atoms with Gasteiger partial charge in [0.05, 0.1) is 11.9 Å². The summed E-state index contributed by atoms with van der Waals surface area (Å²) in [7, 11) is -3.45. The third-order valence-corrected chi connectivity index (χ3v) is 5.41. The van der Waals surface area contributed by atoms with Crippen molar-refractivity contribution in [3.63, 3.8) is 0 Å². The van der Waals surface area contributed by atoms with Crippen LogP contribution in [0.4, 0.5) is 5.69 Å². The lowest BCUT2D eigenvalue weighted by Gasteiger charge is -2.24. The van der Waals surface area contributed by atoms with E-state index in [0.717, 1.165) is 11.8 Å². The molecule has 1 aromatic carbocycles. The van der Waals surface area contributed by atoms with E-state index in [2.05, 4.69) is 5.32 Å². The molecule has 1 N–H and O–H groups in total. The Morgan fingerprint density at radius 3 is 2.46 bits per heavy atom. The Balaban J connectivity index is 2.76. The maximum Gasteiger partial charge on any atom is 0.232 e. The molecule has 0 fully saturated rings. The number of aryl methyl sites for hydroxylation is 1. The third-order valence-electron chi connectivity index (χ3n) is 3.99. The lowest BCUT2D eigenvalue weighted by Crippen LogP contribution is -2.37. The molecule has 0 aliphatic carbocycles. The first kappa shape index (κ1) is 20.8. The molecule has 1 aromatic rings. The molecule has 0 heterocycles. The van der Waals surface area contributed by atoms with Crippen LogP contribution in [0.5, 0.6) is 0 Å². The van der Waals surface area contributed by atoms with Crippen LogP contribution in [0.25, 0.3) is 0 Å². The Kier molecular flexibility index (Phi) is 7.55. The lowest BCUT2D eigenvalue weighted by molar-refractivity contribution is -0.122. The quantitative estimate of drug-likeness (QED) is 0.758. The number of rotatable bonds is 8. The van der Waals surface area contributed by atoms with Gasteiger partial charge in [0, 0.05) is 24.0 Å². The van der Waals surface area contributed by atoms with Gasteiger partial charge >= 0.3 is 0 Å². The third kappa shape index (κ3) is 6.32. The van der Waals surface area contributed by atoms with Gasteiger partial charge in [0.2, 0.25) is 15.9 Å². The molecule has 0 saturated carbocycles. The molecule has 0 aliphatic heterocycles. The zero-order valence-corrected chi connectivity index (χ0v) is 16.5. The molecule has 0 spiro atoms. The topological polar surface area (TPSA) is 66.5 Å². The minimum absolute atomic E-state index is 0.0625. The fraction of sp³-hybridized carbons (Fsp3) is 0.588. The fourth-order valence-electron chi connectivity index (χ4n) is 2.19. The summed E-state index contributed by atoms with van der Waals surface area (Å²) in [6.07, 6.45) is 1.88. The maximum atomic E-state index is 12.1. The van der Waals surface area contributed by atoms with Crippen molar-refractivity contribution in [3.8, 4) is 0 Å². The van der Waals surface area contributed by atoms with E-state index in [1.54, 1.807) is 18.2 Å². The summed E-state index contributed by atoms with van der Waals surface area (Å²) in [5, 5.41) is 3.40. The van der Waals surface area contributed by atoms with Gasteiger partial charge in [-0.1, -0.05) is 31.5 Å². The molecule has 0 radical (unpaired) electrons. The van der Waals surface area contributed by atoms with Crippen molar-refractivity contribution in [2.75, 3.05) is 17.1 Å². The number of benzene rings is 1. The van der Waals surface area contributed by atoms with E-state index in [1.807, 2.05) is 27.7 Å². The molecule has 1 amide bonds. The molecule has 1 rings (SSSR count). The lowest BCUT2D eigenvalue weighted by atomic mass is 10.1. The summed E-state index contributed by atoms with van der Waals surface area (Å²) < 4.78 is 25.6. The van der Waals surface area contributed by atoms with Crippen molar-refractivity contribution in [2.45, 2.75) is 46.6 Å². The smallest absolute Gasteiger partial charge is 0.232 e. The van der Waals surface area contributed by atoms with Crippen LogP contribution in [0, 0.1) is 12.8 Å². The van der Waals surface area contributed by atoms with Crippen molar-refractivity contribution in [2.24, 2.45) is 5.92 Å². The van der Waals surface area contributed by atoms with Gasteiger partial charge in [0.1, 0.15) is 0 Å². The summed E-state index contributed by atoms with van der Waals surface area (Å²) in [6, 6.07) is 5.24. The Labute approximate surface area is 150 Å². The minimum atomic E-state index is -3.45. The Bertz CT molecular complexity index is 674. The van der Waals surface area contributed by atoms with Gasteiger partial charge in [-0.15, -0.1) is 0 Å². The molecule has 136 valence electrons. The standard InChI is InChI=1S/C17H27ClN2O3S/c1-12(2)14(4)19-17(21)7-6-10-20(24(5,22)23)16-11-15(18)9-8-13(16)3/h8-9,11-12,14H,6-7,10H2,1-5H3,(H,19,21). The zero-order valence-electron chi connectivity index (χ0n) is 15.0. The van der Waals surface area contributed by atoms with Gasteiger partial charge in [0.15, 0.2) is 0 Å². The predicted molar refractivity (Wildman–Crippen MR) is 100 cm³/mol. The van der Waals surface area contributed by atoms with E-state index in [9.17, 15) is 13.2 Å². The van der Waals surface area contributed by atoms with E-state index in [-0.39, 0.29) is 24.9 Å². The van der Waals surface area contributed by atoms with Crippen LogP contribution in [-0.2, 0) is 14.8 Å². The van der Waals surface area contributed by atoms with E-state index < -0.39 is 10.0 Å². The number of carbonyl (C=O) groups is 1. The van der Waals surface area contributed by atoms with Crippen LogP contribution in [0.1, 0.15) is 39.2 Å². The number of carbonyl (C=O) groups excluding carboxylic acids is 1. The number of amides is 1. The number of hydrogen-bond donors (Lipinski definition) is 1. The molecule has 0 bridgehead atoms. The highest BCUT2D eigenvalue weighted by Crippen LogP contribution is 2.26. The molecular weight excluding hydrogens is 348 g/mol. The second-order valence-electron chi connectivity index (χ2n) is 6.47. The Hall–Kier alpha value is -1.27. The Morgan fingerprint density at radius 1 is 1.29 bits per heavy atom. The number of sulfonamides is 1. The highest BCUT2D eigenvalue weighted by Gasteiger charge is 2.20. The summed E-state index contributed by atoms with van der Waals surface area (Å²) in [5.41, 5.74) is 1.38. The van der Waals surface area contributed by atoms with Crippen LogP contribution >= 0.6 is 11.6 Å². The molecule has 0 aromatic heterocycles. The molecule has 0 aliphatic rings. The van der Waals surface area contributed by atoms with Crippen LogP contribution in [-0.4, -0.2) is 33.2 Å². The van der Waals surface area contributed by atoms with Gasteiger partial charge in [-0.05, 0) is 43.9 Å². The summed E-state index contributed by atoms with van der Waals surface area (Å²) in [6.45, 7) is 8.11. The molecule has 24 heavy (non-hydrogen) atoms. The van der Waals surface area contributed by atoms with Crippen LogP contribution in [0.2, 0.25) is 5.02 Å². The van der Waals surface area contributed by atoms with Gasteiger partial charge in [-0.3, -0.25) is 9.10 Å². The second kappa shape index (κ2) is 8.72. The van der Waals surface area contributed by atoms with E-state index >= 15 is 0 Å². The monoisotopic (exact) mass is 374 g/mol. The number of nitrogens with one attached hydrogen (secondary N) is 1. The van der Waals surface area contributed by atoms with Crippen molar-refractivity contribution in [1.29, 1.82) is 0 Å². The summed E-state index contributed by atoms with van der Waals surface area (Å²) in [4.78, 5) is 11.9.